The topological polar surface area (TPSA) is 42.1 Å². The highest BCUT2D eigenvalue weighted by Gasteiger charge is 2.27. The average Bonchev–Trinajstić information content (AvgIpc) is 2.49. The van der Waals surface area contributed by atoms with Gasteiger partial charge in [0, 0.05) is 36.8 Å². The first kappa shape index (κ1) is 13.5. The lowest BCUT2D eigenvalue weighted by molar-refractivity contribution is 0.0897. The number of likely N-dealkylation sites (tertiary alicyclic amines) is 1. The third kappa shape index (κ3) is 2.56. The first-order valence-corrected chi connectivity index (χ1v) is 7.58. The maximum atomic E-state index is 5.97. The van der Waals surface area contributed by atoms with E-state index in [0.29, 0.717) is 12.1 Å². The fraction of sp³-hybridized carbons (Fsp3) is 0.471. The van der Waals surface area contributed by atoms with Crippen molar-refractivity contribution in [1.29, 1.82) is 0 Å². The molecule has 0 saturated carbocycles. The predicted octanol–water partition coefficient (Wildman–Crippen LogP) is 2.94. The molecule has 1 aliphatic rings. The molecule has 20 heavy (non-hydrogen) atoms. The standard InChI is InChI=1S/C17H23N3/c1-13-5-4-6-15(11-18)20(13)12-14-9-10-19-17-8-3-2-7-16(14)17/h2-3,7-10,13,15H,4-6,11-12,18H2,1H3. The molecular weight excluding hydrogens is 246 g/mol. The van der Waals surface area contributed by atoms with Crippen molar-refractivity contribution >= 4 is 10.9 Å². The molecule has 1 aliphatic heterocycles. The zero-order valence-electron chi connectivity index (χ0n) is 12.1. The summed E-state index contributed by atoms with van der Waals surface area (Å²) in [6.07, 6.45) is 5.73. The summed E-state index contributed by atoms with van der Waals surface area (Å²) in [6.45, 7) is 4.06. The molecule has 106 valence electrons. The number of piperidine rings is 1. The molecule has 2 aromatic rings. The summed E-state index contributed by atoms with van der Waals surface area (Å²) in [7, 11) is 0. The van der Waals surface area contributed by atoms with Crippen molar-refractivity contribution in [1.82, 2.24) is 9.88 Å². The molecule has 3 heteroatoms. The van der Waals surface area contributed by atoms with Gasteiger partial charge in [0.25, 0.3) is 0 Å². The van der Waals surface area contributed by atoms with Crippen molar-refractivity contribution in [2.75, 3.05) is 6.54 Å². The molecule has 2 N–H and O–H groups in total. The summed E-state index contributed by atoms with van der Waals surface area (Å²) in [4.78, 5) is 7.02. The molecule has 1 saturated heterocycles. The van der Waals surface area contributed by atoms with E-state index in [0.717, 1.165) is 18.6 Å². The van der Waals surface area contributed by atoms with Crippen LogP contribution in [0.25, 0.3) is 10.9 Å². The zero-order valence-corrected chi connectivity index (χ0v) is 12.1. The Hall–Kier alpha value is -1.45. The van der Waals surface area contributed by atoms with E-state index in [2.05, 4.69) is 41.1 Å². The van der Waals surface area contributed by atoms with Crippen LogP contribution in [0.3, 0.4) is 0 Å². The Morgan fingerprint density at radius 3 is 2.95 bits per heavy atom. The summed E-state index contributed by atoms with van der Waals surface area (Å²) in [5.41, 5.74) is 8.41. The van der Waals surface area contributed by atoms with E-state index in [1.165, 1.54) is 30.2 Å². The molecule has 0 bridgehead atoms. The zero-order chi connectivity index (χ0) is 13.9. The third-order valence-electron chi connectivity index (χ3n) is 4.56. The number of para-hydroxylation sites is 1. The molecule has 2 unspecified atom stereocenters. The molecule has 0 aliphatic carbocycles. The Bertz CT molecular complexity index is 576. The SMILES string of the molecule is CC1CCCC(CN)N1Cc1ccnc2ccccc12. The van der Waals surface area contributed by atoms with Gasteiger partial charge in [-0.2, -0.15) is 0 Å². The van der Waals surface area contributed by atoms with Crippen LogP contribution in [0.5, 0.6) is 0 Å². The summed E-state index contributed by atoms with van der Waals surface area (Å²) >= 11 is 0. The van der Waals surface area contributed by atoms with Crippen LogP contribution in [-0.2, 0) is 6.54 Å². The molecule has 0 amide bonds. The van der Waals surface area contributed by atoms with Crippen LogP contribution in [0.4, 0.5) is 0 Å². The first-order valence-electron chi connectivity index (χ1n) is 7.58. The highest BCUT2D eigenvalue weighted by molar-refractivity contribution is 5.81. The Kier molecular flexibility index (Phi) is 3.99. The number of aromatic nitrogens is 1. The van der Waals surface area contributed by atoms with Crippen molar-refractivity contribution < 1.29 is 0 Å². The van der Waals surface area contributed by atoms with E-state index in [1.807, 2.05) is 12.3 Å². The van der Waals surface area contributed by atoms with E-state index in [-0.39, 0.29) is 0 Å². The number of hydrogen-bond acceptors (Lipinski definition) is 3. The van der Waals surface area contributed by atoms with Gasteiger partial charge in [0.2, 0.25) is 0 Å². The lowest BCUT2D eigenvalue weighted by Gasteiger charge is -2.40. The molecule has 3 rings (SSSR count). The minimum Gasteiger partial charge on any atom is -0.329 e. The molecule has 1 fully saturated rings. The third-order valence-corrected chi connectivity index (χ3v) is 4.56. The van der Waals surface area contributed by atoms with E-state index >= 15 is 0 Å². The number of nitrogens with zero attached hydrogens (tertiary/aromatic N) is 2. The number of rotatable bonds is 3. The van der Waals surface area contributed by atoms with Gasteiger partial charge in [-0.25, -0.2) is 0 Å². The molecule has 0 radical (unpaired) electrons. The van der Waals surface area contributed by atoms with Crippen LogP contribution in [0, 0.1) is 0 Å². The number of pyridine rings is 1. The monoisotopic (exact) mass is 269 g/mol. The minimum atomic E-state index is 0.519. The molecule has 2 heterocycles. The van der Waals surface area contributed by atoms with Gasteiger partial charge in [0.15, 0.2) is 0 Å². The van der Waals surface area contributed by atoms with Gasteiger partial charge in [-0.05, 0) is 37.5 Å². The van der Waals surface area contributed by atoms with Crippen LogP contribution in [0.15, 0.2) is 36.5 Å². The summed E-state index contributed by atoms with van der Waals surface area (Å²) in [5, 5.41) is 1.27. The van der Waals surface area contributed by atoms with Gasteiger partial charge in [0.05, 0.1) is 5.52 Å². The normalized spacial score (nSPS) is 24.1. The highest BCUT2D eigenvalue weighted by Crippen LogP contribution is 2.26. The molecule has 1 aromatic carbocycles. The van der Waals surface area contributed by atoms with Gasteiger partial charge in [-0.1, -0.05) is 24.6 Å². The molecule has 1 aromatic heterocycles. The van der Waals surface area contributed by atoms with Crippen molar-refractivity contribution in [3.05, 3.63) is 42.1 Å². The van der Waals surface area contributed by atoms with Crippen molar-refractivity contribution in [3.63, 3.8) is 0 Å². The Morgan fingerprint density at radius 1 is 1.25 bits per heavy atom. The minimum absolute atomic E-state index is 0.519. The summed E-state index contributed by atoms with van der Waals surface area (Å²) < 4.78 is 0. The second kappa shape index (κ2) is 5.90. The van der Waals surface area contributed by atoms with Crippen LogP contribution in [-0.4, -0.2) is 28.5 Å². The van der Waals surface area contributed by atoms with Crippen LogP contribution < -0.4 is 5.73 Å². The van der Waals surface area contributed by atoms with Crippen molar-refractivity contribution in [3.8, 4) is 0 Å². The van der Waals surface area contributed by atoms with Crippen LogP contribution >= 0.6 is 0 Å². The maximum absolute atomic E-state index is 5.97. The van der Waals surface area contributed by atoms with Crippen molar-refractivity contribution in [2.24, 2.45) is 5.73 Å². The van der Waals surface area contributed by atoms with E-state index in [1.54, 1.807) is 0 Å². The second-order valence-corrected chi connectivity index (χ2v) is 5.83. The van der Waals surface area contributed by atoms with Crippen LogP contribution in [0.1, 0.15) is 31.7 Å². The Labute approximate surface area is 120 Å². The fourth-order valence-electron chi connectivity index (χ4n) is 3.37. The van der Waals surface area contributed by atoms with Crippen molar-refractivity contribution in [2.45, 2.75) is 44.8 Å². The number of benzene rings is 1. The van der Waals surface area contributed by atoms with Gasteiger partial charge in [0.1, 0.15) is 0 Å². The predicted molar refractivity (Wildman–Crippen MR) is 83.4 cm³/mol. The van der Waals surface area contributed by atoms with Gasteiger partial charge < -0.3 is 5.73 Å². The number of fused-ring (bicyclic) bond motifs is 1. The fourth-order valence-corrected chi connectivity index (χ4v) is 3.37. The van der Waals surface area contributed by atoms with E-state index in [9.17, 15) is 0 Å². The maximum Gasteiger partial charge on any atom is 0.0705 e. The highest BCUT2D eigenvalue weighted by atomic mass is 15.2. The van der Waals surface area contributed by atoms with Gasteiger partial charge >= 0.3 is 0 Å². The van der Waals surface area contributed by atoms with E-state index < -0.39 is 0 Å². The first-order chi connectivity index (χ1) is 9.79. The number of hydrogen-bond donors (Lipinski definition) is 1. The smallest absolute Gasteiger partial charge is 0.0705 e. The molecular formula is C17H23N3. The summed E-state index contributed by atoms with van der Waals surface area (Å²) in [5.74, 6) is 0. The molecule has 0 spiro atoms. The molecule has 3 nitrogen and oxygen atoms in total. The Balaban J connectivity index is 1.91. The average molecular weight is 269 g/mol. The van der Waals surface area contributed by atoms with Gasteiger partial charge in [-0.3, -0.25) is 9.88 Å². The van der Waals surface area contributed by atoms with Gasteiger partial charge in [-0.15, -0.1) is 0 Å². The van der Waals surface area contributed by atoms with E-state index in [4.69, 9.17) is 5.73 Å². The Morgan fingerprint density at radius 2 is 2.10 bits per heavy atom. The second-order valence-electron chi connectivity index (χ2n) is 5.83. The summed E-state index contributed by atoms with van der Waals surface area (Å²) in [6, 6.07) is 11.7. The largest absolute Gasteiger partial charge is 0.329 e. The molecule has 2 atom stereocenters. The van der Waals surface area contributed by atoms with Crippen LogP contribution in [0.2, 0.25) is 0 Å². The lowest BCUT2D eigenvalue weighted by Crippen LogP contribution is -2.48. The quantitative estimate of drug-likeness (QED) is 0.931. The lowest BCUT2D eigenvalue weighted by atomic mass is 9.95. The number of nitrogens with two attached hydrogens (primary N) is 1.